The van der Waals surface area contributed by atoms with Crippen LogP contribution in [0.25, 0.3) is 0 Å². The van der Waals surface area contributed by atoms with E-state index in [1.807, 2.05) is 26.8 Å². The van der Waals surface area contributed by atoms with Gasteiger partial charge in [0.15, 0.2) is 0 Å². The van der Waals surface area contributed by atoms with Crippen LogP contribution in [-0.2, 0) is 57.6 Å². The Hall–Kier alpha value is -5.88. The number of primary amides is 2. The molecule has 3 aliphatic carbocycles. The van der Waals surface area contributed by atoms with E-state index in [2.05, 4.69) is 95.1 Å². The van der Waals surface area contributed by atoms with Crippen LogP contribution in [0.3, 0.4) is 0 Å². The minimum Gasteiger partial charge on any atom is -0.369 e. The van der Waals surface area contributed by atoms with Crippen LogP contribution in [0.4, 0.5) is 0 Å². The molecule has 3 fully saturated rings. The molecule has 10 N–H and O–H groups in total. The van der Waals surface area contributed by atoms with Crippen LogP contribution in [0.15, 0.2) is 48.5 Å². The van der Waals surface area contributed by atoms with Crippen LogP contribution in [0.2, 0.25) is 0 Å². The van der Waals surface area contributed by atoms with Crippen molar-refractivity contribution in [2.24, 2.45) is 34.6 Å². The molecule has 0 aromatic heterocycles. The van der Waals surface area contributed by atoms with Crippen LogP contribution < -0.4 is 43.4 Å². The van der Waals surface area contributed by atoms with Gasteiger partial charge in [-0.1, -0.05) is 96.5 Å². The van der Waals surface area contributed by atoms with Crippen molar-refractivity contribution < 1.29 is 38.4 Å². The molecule has 0 spiro atoms. The van der Waals surface area contributed by atoms with Gasteiger partial charge in [-0.05, 0) is 138 Å². The fraction of sp³-hybridized carbons (Fsp3) is 0.649. The summed E-state index contributed by atoms with van der Waals surface area (Å²) in [4.78, 5) is 98.5. The predicted octanol–water partition coefficient (Wildman–Crippen LogP) is 3.97. The summed E-state index contributed by atoms with van der Waals surface area (Å²) in [5.41, 5.74) is 16.2. The molecule has 0 radical (unpaired) electrons. The molecule has 1 saturated carbocycles. The van der Waals surface area contributed by atoms with Crippen molar-refractivity contribution in [3.8, 4) is 0 Å². The smallest absolute Gasteiger partial charge is 0.246 e. The van der Waals surface area contributed by atoms with Crippen LogP contribution in [-0.4, -0.2) is 129 Å². The van der Waals surface area contributed by atoms with Gasteiger partial charge in [-0.3, -0.25) is 38.4 Å². The van der Waals surface area contributed by atoms with Crippen molar-refractivity contribution in [1.29, 1.82) is 0 Å². The second kappa shape index (κ2) is 32.5. The zero-order valence-corrected chi connectivity index (χ0v) is 46.6. The van der Waals surface area contributed by atoms with Gasteiger partial charge in [0, 0.05) is 37.5 Å². The summed E-state index contributed by atoms with van der Waals surface area (Å²) in [7, 11) is 3.34. The third kappa shape index (κ3) is 21.7. The highest BCUT2D eigenvalue weighted by molar-refractivity contribution is 5.93. The Balaban J connectivity index is 0.000000288. The fourth-order valence-electron chi connectivity index (χ4n) is 9.86. The van der Waals surface area contributed by atoms with Crippen molar-refractivity contribution in [3.63, 3.8) is 0 Å². The molecule has 0 bridgehead atoms. The van der Waals surface area contributed by atoms with Crippen molar-refractivity contribution in [2.45, 2.75) is 169 Å². The average Bonchev–Trinajstić information content (AvgIpc) is 4.09. The number of rotatable bonds is 14. The Morgan fingerprint density at radius 2 is 1.29 bits per heavy atom. The number of amides is 8. The molecule has 8 amide bonds. The van der Waals surface area contributed by atoms with Crippen molar-refractivity contribution in [1.82, 2.24) is 41.7 Å². The van der Waals surface area contributed by atoms with E-state index in [4.69, 9.17) is 11.5 Å². The summed E-state index contributed by atoms with van der Waals surface area (Å²) in [6.45, 7) is 15.7. The topological polar surface area (TPSA) is 267 Å². The molecule has 7 unspecified atom stereocenters. The minimum atomic E-state index is -0.890. The van der Waals surface area contributed by atoms with E-state index in [9.17, 15) is 38.4 Å². The van der Waals surface area contributed by atoms with E-state index in [0.29, 0.717) is 19.3 Å². The zero-order valence-electron chi connectivity index (χ0n) is 46.6. The average molecular weight is 1050 g/mol. The molecule has 2 aromatic rings. The number of hydrogen-bond donors (Lipinski definition) is 8. The minimum absolute atomic E-state index is 0.0177. The zero-order chi connectivity index (χ0) is 55.7. The number of nitrogens with one attached hydrogen (secondary N) is 6. The van der Waals surface area contributed by atoms with E-state index in [1.165, 1.54) is 48.1 Å². The maximum absolute atomic E-state index is 13.4. The highest BCUT2D eigenvalue weighted by atomic mass is 16.2. The Labute approximate surface area is 447 Å². The first-order valence-electron chi connectivity index (χ1n) is 27.3. The van der Waals surface area contributed by atoms with Gasteiger partial charge in [-0.25, -0.2) is 0 Å². The summed E-state index contributed by atoms with van der Waals surface area (Å²) in [5.74, 6) is -1.97. The number of fused-ring (bicyclic) bond motifs is 2. The van der Waals surface area contributed by atoms with Gasteiger partial charge in [0.25, 0.3) is 0 Å². The van der Waals surface area contributed by atoms with Gasteiger partial charge in [-0.15, -0.1) is 0 Å². The van der Waals surface area contributed by atoms with Gasteiger partial charge in [0.1, 0.15) is 12.1 Å². The Bertz CT molecular complexity index is 2130. The number of benzene rings is 2. The summed E-state index contributed by atoms with van der Waals surface area (Å²) in [5, 5.41) is 16.7. The second-order valence-corrected chi connectivity index (χ2v) is 22.2. The standard InChI is InChI=1S/C22H38N6O5.C11H13NO.C10H19N3O2.C10H12.C4H10/c1-22(2,3)17(27-16(29)10-25-4)21(33)28-11-14(9-15(28)19(24)31)26-20(32)13-7-5-6-12(8-13)18(23)30;13-8-12-11-7-3-5-9-4-1-2-6-10(9)11;1-8(11-2)10(15)12-7-9(14)13-5-3-4-6-13;1-2-6-10-8-4-3-7-9(10)5-1;1-4(2)3/h12-15,17,25H,5-11H2,1-4H3,(H2,23,30)(H2,24,31)(H,26,32)(H,27,29);1-2,4,6,8,11H,3,5,7H2,(H,12,13);8,11H,3-7H2,1-2H3,(H,12,15);1-2,5-6H,3-4,7-8H2;4H,1-3H3. The Morgan fingerprint density at radius 1 is 0.720 bits per heavy atom. The fourth-order valence-corrected chi connectivity index (χ4v) is 9.86. The molecule has 18 nitrogen and oxygen atoms in total. The van der Waals surface area contributed by atoms with Crippen LogP contribution in [0, 0.1) is 23.2 Å². The highest BCUT2D eigenvalue weighted by Gasteiger charge is 2.45. The van der Waals surface area contributed by atoms with Gasteiger partial charge < -0.3 is 53.2 Å². The first-order chi connectivity index (χ1) is 35.6. The molecule has 2 aromatic carbocycles. The van der Waals surface area contributed by atoms with E-state index in [-0.39, 0.29) is 73.6 Å². The van der Waals surface area contributed by atoms with Gasteiger partial charge in [-0.2, -0.15) is 0 Å². The lowest BCUT2D eigenvalue weighted by Gasteiger charge is -2.35. The molecule has 75 heavy (non-hydrogen) atoms. The molecule has 5 aliphatic rings. The summed E-state index contributed by atoms with van der Waals surface area (Å²) in [6, 6.07) is 14.9. The van der Waals surface area contributed by atoms with Crippen LogP contribution in [0.5, 0.6) is 0 Å². The summed E-state index contributed by atoms with van der Waals surface area (Å²) >= 11 is 0. The van der Waals surface area contributed by atoms with Crippen molar-refractivity contribution >= 4 is 47.8 Å². The number of hydrogen-bond acceptors (Lipinski definition) is 10. The summed E-state index contributed by atoms with van der Waals surface area (Å²) in [6.07, 6.45) is 14.4. The lowest BCUT2D eigenvalue weighted by molar-refractivity contribution is -0.143. The third-order valence-electron chi connectivity index (χ3n) is 14.1. The lowest BCUT2D eigenvalue weighted by atomic mass is 9.80. The molecule has 2 aliphatic heterocycles. The number of likely N-dealkylation sites (tertiary alicyclic amines) is 2. The van der Waals surface area contributed by atoms with Crippen LogP contribution in [0.1, 0.15) is 147 Å². The van der Waals surface area contributed by atoms with Crippen molar-refractivity contribution in [2.75, 3.05) is 46.8 Å². The van der Waals surface area contributed by atoms with E-state index in [0.717, 1.165) is 57.5 Å². The van der Waals surface area contributed by atoms with Crippen molar-refractivity contribution in [3.05, 3.63) is 70.8 Å². The number of carbonyl (C=O) groups excluding carboxylic acids is 8. The SMILES string of the molecule is CC(C)C.CNC(C)C(=O)NCC(=O)N1CCCC1.CNCC(=O)NC(C(=O)N1CC(NC(=O)C2CCCC(C(N)=O)C2)CC1C(N)=O)C(C)(C)C.O=CNC1CCCc2ccccc21.c1ccc2c(c1)CCCC2. The monoisotopic (exact) mass is 1040 g/mol. The van der Waals surface area contributed by atoms with E-state index >= 15 is 0 Å². The van der Waals surface area contributed by atoms with Gasteiger partial charge in [0.2, 0.25) is 47.8 Å². The molecule has 7 rings (SSSR count). The van der Waals surface area contributed by atoms with E-state index in [1.54, 1.807) is 37.0 Å². The molecule has 2 heterocycles. The molecule has 18 heteroatoms. The largest absolute Gasteiger partial charge is 0.369 e. The Morgan fingerprint density at radius 3 is 1.84 bits per heavy atom. The number of nitrogens with two attached hydrogens (primary N) is 2. The Kier molecular flexibility index (Phi) is 27.5. The number of likely N-dealkylation sites (N-methyl/N-ethyl adjacent to an activating group) is 2. The quantitative estimate of drug-likeness (QED) is 0.126. The molecule has 418 valence electrons. The molecular weight excluding hydrogens is 953 g/mol. The van der Waals surface area contributed by atoms with Gasteiger partial charge in [0.05, 0.1) is 25.2 Å². The first kappa shape index (κ1) is 63.4. The highest BCUT2D eigenvalue weighted by Crippen LogP contribution is 2.31. The molecule has 2 saturated heterocycles. The van der Waals surface area contributed by atoms with E-state index < -0.39 is 41.3 Å². The third-order valence-corrected chi connectivity index (χ3v) is 14.1. The maximum Gasteiger partial charge on any atom is 0.246 e. The molecular formula is C57H92N10O8. The maximum atomic E-state index is 13.4. The summed E-state index contributed by atoms with van der Waals surface area (Å²) < 4.78 is 0. The van der Waals surface area contributed by atoms with Crippen LogP contribution >= 0.6 is 0 Å². The van der Waals surface area contributed by atoms with Gasteiger partial charge >= 0.3 is 0 Å². The number of carbonyl (C=O) groups is 8. The second-order valence-electron chi connectivity index (χ2n) is 22.2. The number of aryl methyl sites for hydroxylation is 3. The molecule has 7 atom stereocenters. The first-order valence-corrected chi connectivity index (χ1v) is 27.3. The number of nitrogens with zero attached hydrogens (tertiary/aromatic N) is 2. The lowest BCUT2D eigenvalue weighted by Crippen LogP contribution is -2.58. The predicted molar refractivity (Wildman–Crippen MR) is 293 cm³/mol. The normalized spacial score (nSPS) is 21.3.